The summed E-state index contributed by atoms with van der Waals surface area (Å²) in [6.07, 6.45) is 2.14. The summed E-state index contributed by atoms with van der Waals surface area (Å²) < 4.78 is 2.07. The minimum atomic E-state index is 0.648. The number of rotatable bonds is 6. The Bertz CT molecular complexity index is 959. The highest BCUT2D eigenvalue weighted by Crippen LogP contribution is 2.29. The number of aromatic nitrogens is 3. The molecule has 0 radical (unpaired) electrons. The van der Waals surface area contributed by atoms with Gasteiger partial charge in [-0.05, 0) is 42.6 Å². The van der Waals surface area contributed by atoms with E-state index < -0.39 is 0 Å². The third kappa shape index (κ3) is 4.38. The first-order chi connectivity index (χ1) is 13.6. The van der Waals surface area contributed by atoms with E-state index in [-0.39, 0.29) is 0 Å². The molecule has 2 aromatic carbocycles. The van der Waals surface area contributed by atoms with Crippen molar-refractivity contribution in [3.63, 3.8) is 0 Å². The van der Waals surface area contributed by atoms with Gasteiger partial charge >= 0.3 is 0 Å². The monoisotopic (exact) mass is 432 g/mol. The van der Waals surface area contributed by atoms with E-state index in [4.69, 9.17) is 23.2 Å². The highest BCUT2D eigenvalue weighted by molar-refractivity contribution is 7.99. The van der Waals surface area contributed by atoms with Crippen LogP contribution in [-0.2, 0) is 20.0 Å². The fourth-order valence-corrected chi connectivity index (χ4v) is 4.74. The number of benzene rings is 2. The maximum Gasteiger partial charge on any atom is 0.191 e. The van der Waals surface area contributed by atoms with Crippen molar-refractivity contribution in [2.45, 2.75) is 24.5 Å². The number of fused-ring (bicyclic) bond motifs is 1. The Labute approximate surface area is 179 Å². The minimum Gasteiger partial charge on any atom is -0.305 e. The van der Waals surface area contributed by atoms with Gasteiger partial charge in [0.25, 0.3) is 0 Å². The Morgan fingerprint density at radius 3 is 2.57 bits per heavy atom. The van der Waals surface area contributed by atoms with Crippen LogP contribution in [0.3, 0.4) is 0 Å². The number of halogens is 2. The predicted octanol–water partition coefficient (Wildman–Crippen LogP) is 5.33. The van der Waals surface area contributed by atoms with Crippen molar-refractivity contribution in [2.24, 2.45) is 7.05 Å². The second-order valence-electron chi connectivity index (χ2n) is 6.99. The molecule has 1 aliphatic heterocycles. The fraction of sp³-hybridized carbons (Fsp3) is 0.333. The van der Waals surface area contributed by atoms with Crippen LogP contribution in [-0.4, -0.2) is 38.5 Å². The van der Waals surface area contributed by atoms with E-state index in [1.165, 1.54) is 11.1 Å². The lowest BCUT2D eigenvalue weighted by Gasteiger charge is -2.29. The van der Waals surface area contributed by atoms with Crippen LogP contribution in [0.5, 0.6) is 0 Å². The molecule has 2 heterocycles. The quantitative estimate of drug-likeness (QED) is 0.389. The maximum atomic E-state index is 6.18. The zero-order chi connectivity index (χ0) is 19.5. The smallest absolute Gasteiger partial charge is 0.191 e. The van der Waals surface area contributed by atoms with E-state index in [9.17, 15) is 0 Å². The zero-order valence-corrected chi connectivity index (χ0v) is 18.1. The Morgan fingerprint density at radius 2 is 1.79 bits per heavy atom. The van der Waals surface area contributed by atoms with Gasteiger partial charge in [0.2, 0.25) is 0 Å². The van der Waals surface area contributed by atoms with Crippen molar-refractivity contribution in [3.8, 4) is 11.4 Å². The molecular formula is C21H22Cl2N4S. The minimum absolute atomic E-state index is 0.648. The zero-order valence-electron chi connectivity index (χ0n) is 15.7. The summed E-state index contributed by atoms with van der Waals surface area (Å²) in [5.41, 5.74) is 3.72. The van der Waals surface area contributed by atoms with Crippen molar-refractivity contribution >= 4 is 35.0 Å². The van der Waals surface area contributed by atoms with E-state index in [1.54, 1.807) is 11.8 Å². The lowest BCUT2D eigenvalue weighted by Crippen LogP contribution is -2.31. The summed E-state index contributed by atoms with van der Waals surface area (Å²) in [4.78, 5) is 2.49. The molecule has 28 heavy (non-hydrogen) atoms. The van der Waals surface area contributed by atoms with Gasteiger partial charge in [-0.15, -0.1) is 10.2 Å². The van der Waals surface area contributed by atoms with E-state index in [2.05, 4.69) is 31.8 Å². The molecule has 0 bridgehead atoms. The van der Waals surface area contributed by atoms with Crippen molar-refractivity contribution in [3.05, 3.63) is 63.6 Å². The molecule has 0 amide bonds. The Kier molecular flexibility index (Phi) is 6.26. The van der Waals surface area contributed by atoms with Gasteiger partial charge in [0.05, 0.1) is 10.0 Å². The Hall–Kier alpha value is -1.53. The average molecular weight is 433 g/mol. The molecular weight excluding hydrogens is 411 g/mol. The first kappa shape index (κ1) is 19.8. The van der Waals surface area contributed by atoms with Crippen molar-refractivity contribution in [1.29, 1.82) is 0 Å². The van der Waals surface area contributed by atoms with E-state index in [0.717, 1.165) is 54.8 Å². The normalized spacial score (nSPS) is 14.2. The second kappa shape index (κ2) is 8.87. The lowest BCUT2D eigenvalue weighted by atomic mass is 10.00. The summed E-state index contributed by atoms with van der Waals surface area (Å²) in [7, 11) is 2.03. The molecule has 0 aliphatic carbocycles. The first-order valence-electron chi connectivity index (χ1n) is 9.38. The van der Waals surface area contributed by atoms with E-state index in [0.29, 0.717) is 10.0 Å². The Morgan fingerprint density at radius 1 is 1.04 bits per heavy atom. The third-order valence-corrected chi connectivity index (χ3v) is 6.88. The highest BCUT2D eigenvalue weighted by atomic mass is 35.5. The summed E-state index contributed by atoms with van der Waals surface area (Å²) >= 11 is 14.1. The molecule has 4 rings (SSSR count). The molecule has 146 valence electrons. The second-order valence-corrected chi connectivity index (χ2v) is 8.87. The van der Waals surface area contributed by atoms with Crippen LogP contribution in [0, 0.1) is 0 Å². The van der Waals surface area contributed by atoms with Gasteiger partial charge in [-0.1, -0.05) is 65.3 Å². The standard InChI is InChI=1S/C21H22Cl2N4S/c1-26-20(15-6-3-2-4-7-15)24-25-21(26)28-11-5-9-27-10-8-16-12-18(22)19(23)13-17(16)14-27/h2-4,6-7,12-13H,5,8-11,14H2,1H3. The molecule has 0 unspecified atom stereocenters. The topological polar surface area (TPSA) is 34.0 Å². The van der Waals surface area contributed by atoms with Gasteiger partial charge in [-0.3, -0.25) is 4.90 Å². The molecule has 0 spiro atoms. The molecule has 4 nitrogen and oxygen atoms in total. The number of thioether (sulfide) groups is 1. The molecule has 0 atom stereocenters. The van der Waals surface area contributed by atoms with Crippen LogP contribution in [0.2, 0.25) is 10.0 Å². The largest absolute Gasteiger partial charge is 0.305 e. The number of hydrogen-bond acceptors (Lipinski definition) is 4. The van der Waals surface area contributed by atoms with Crippen LogP contribution >= 0.6 is 35.0 Å². The predicted molar refractivity (Wildman–Crippen MR) is 117 cm³/mol. The summed E-state index contributed by atoms with van der Waals surface area (Å²) in [6, 6.07) is 14.2. The molecule has 3 aromatic rings. The molecule has 0 saturated carbocycles. The number of hydrogen-bond donors (Lipinski definition) is 0. The number of nitrogens with zero attached hydrogens (tertiary/aromatic N) is 4. The highest BCUT2D eigenvalue weighted by Gasteiger charge is 2.18. The van der Waals surface area contributed by atoms with Gasteiger partial charge in [0.15, 0.2) is 11.0 Å². The van der Waals surface area contributed by atoms with Gasteiger partial charge < -0.3 is 4.57 Å². The average Bonchev–Trinajstić information content (AvgIpc) is 3.07. The lowest BCUT2D eigenvalue weighted by molar-refractivity contribution is 0.255. The van der Waals surface area contributed by atoms with Crippen molar-refractivity contribution in [2.75, 3.05) is 18.8 Å². The molecule has 0 fully saturated rings. The molecule has 7 heteroatoms. The van der Waals surface area contributed by atoms with Gasteiger partial charge in [0.1, 0.15) is 0 Å². The molecule has 0 N–H and O–H groups in total. The van der Waals surface area contributed by atoms with Crippen LogP contribution in [0.1, 0.15) is 17.5 Å². The summed E-state index contributed by atoms with van der Waals surface area (Å²) in [5, 5.41) is 11.0. The van der Waals surface area contributed by atoms with E-state index >= 15 is 0 Å². The van der Waals surface area contributed by atoms with Crippen molar-refractivity contribution in [1.82, 2.24) is 19.7 Å². The van der Waals surface area contributed by atoms with E-state index in [1.807, 2.05) is 37.4 Å². The summed E-state index contributed by atoms with van der Waals surface area (Å²) in [6.45, 7) is 3.08. The fourth-order valence-electron chi connectivity index (χ4n) is 3.53. The molecule has 0 saturated heterocycles. The van der Waals surface area contributed by atoms with Crippen molar-refractivity contribution < 1.29 is 0 Å². The van der Waals surface area contributed by atoms with Crippen LogP contribution in [0.4, 0.5) is 0 Å². The maximum absolute atomic E-state index is 6.18. The first-order valence-corrected chi connectivity index (χ1v) is 11.1. The third-order valence-electron chi connectivity index (χ3n) is 5.05. The van der Waals surface area contributed by atoms with Gasteiger partial charge in [0, 0.05) is 31.5 Å². The van der Waals surface area contributed by atoms with Gasteiger partial charge in [-0.25, -0.2) is 0 Å². The molecule has 1 aromatic heterocycles. The van der Waals surface area contributed by atoms with Crippen LogP contribution < -0.4 is 0 Å². The van der Waals surface area contributed by atoms with Crippen LogP contribution in [0.25, 0.3) is 11.4 Å². The SMILES string of the molecule is Cn1c(SCCCN2CCc3cc(Cl)c(Cl)cc3C2)nnc1-c1ccccc1. The summed E-state index contributed by atoms with van der Waals surface area (Å²) in [5.74, 6) is 1.93. The van der Waals surface area contributed by atoms with Gasteiger partial charge in [-0.2, -0.15) is 0 Å². The van der Waals surface area contributed by atoms with Crippen LogP contribution in [0.15, 0.2) is 47.6 Å². The molecule has 1 aliphatic rings. The Balaban J connectivity index is 1.29.